The molecule has 0 radical (unpaired) electrons. The monoisotopic (exact) mass is 277 g/mol. The van der Waals surface area contributed by atoms with Crippen molar-refractivity contribution >= 4 is 5.91 Å². The summed E-state index contributed by atoms with van der Waals surface area (Å²) in [6.07, 6.45) is -0.605. The Morgan fingerprint density at radius 2 is 2.05 bits per heavy atom. The minimum absolute atomic E-state index is 0.00873. The van der Waals surface area contributed by atoms with Gasteiger partial charge in [-0.3, -0.25) is 9.69 Å². The van der Waals surface area contributed by atoms with Crippen LogP contribution in [0.5, 0.6) is 0 Å². The lowest BCUT2D eigenvalue weighted by Gasteiger charge is -2.42. The van der Waals surface area contributed by atoms with Gasteiger partial charge in [0.05, 0.1) is 11.6 Å². The number of β-amino-alcohol motifs (C(OH)–C–C–N with tert-alkyl or cyclic N) is 1. The normalized spacial score (nSPS) is 20.5. The van der Waals surface area contributed by atoms with Gasteiger partial charge in [0.25, 0.3) is 0 Å². The van der Waals surface area contributed by atoms with E-state index in [1.807, 2.05) is 43.0 Å². The number of hydrogen-bond donors (Lipinski definition) is 3. The molecule has 0 spiro atoms. The highest BCUT2D eigenvalue weighted by Gasteiger charge is 2.38. The van der Waals surface area contributed by atoms with Gasteiger partial charge >= 0.3 is 0 Å². The highest BCUT2D eigenvalue weighted by atomic mass is 16.3. The Balaban J connectivity index is 2.06. The largest absolute Gasteiger partial charge is 0.387 e. The number of rotatable bonds is 4. The minimum atomic E-state index is -0.605. The first-order valence-electron chi connectivity index (χ1n) is 6.95. The predicted molar refractivity (Wildman–Crippen MR) is 78.0 cm³/mol. The Bertz CT molecular complexity index is 471. The number of piperazine rings is 1. The second-order valence-corrected chi connectivity index (χ2v) is 5.72. The molecule has 4 N–H and O–H groups in total. The van der Waals surface area contributed by atoms with Crippen LogP contribution in [-0.2, 0) is 11.3 Å². The molecule has 20 heavy (non-hydrogen) atoms. The Labute approximate surface area is 119 Å². The van der Waals surface area contributed by atoms with Gasteiger partial charge in [0.2, 0.25) is 5.91 Å². The van der Waals surface area contributed by atoms with Crippen molar-refractivity contribution in [3.63, 3.8) is 0 Å². The Morgan fingerprint density at radius 3 is 2.65 bits per heavy atom. The summed E-state index contributed by atoms with van der Waals surface area (Å²) in [6.45, 7) is 6.08. The molecule has 1 saturated heterocycles. The number of nitrogens with one attached hydrogen (secondary N) is 1. The fraction of sp³-hybridized carbons (Fsp3) is 0.533. The number of carbonyl (C=O) groups excluding carboxylic acids is 1. The molecule has 5 heteroatoms. The standard InChI is InChI=1S/C15H23N3O2/c1-15(2)14(20)17-7-8-18(15)10-13(19)12-5-3-11(9-16)4-6-12/h3-6,13,19H,7-10,16H2,1-2H3,(H,17,20). The van der Waals surface area contributed by atoms with E-state index < -0.39 is 11.6 Å². The van der Waals surface area contributed by atoms with Crippen LogP contribution in [0.3, 0.4) is 0 Å². The van der Waals surface area contributed by atoms with Crippen molar-refractivity contribution < 1.29 is 9.90 Å². The molecule has 1 heterocycles. The highest BCUT2D eigenvalue weighted by Crippen LogP contribution is 2.22. The summed E-state index contributed by atoms with van der Waals surface area (Å²) in [6, 6.07) is 7.63. The van der Waals surface area contributed by atoms with E-state index in [-0.39, 0.29) is 5.91 Å². The van der Waals surface area contributed by atoms with Crippen LogP contribution in [-0.4, -0.2) is 41.1 Å². The molecule has 1 fully saturated rings. The number of benzene rings is 1. The summed E-state index contributed by atoms with van der Waals surface area (Å²) in [5, 5.41) is 13.2. The molecule has 0 aliphatic carbocycles. The van der Waals surface area contributed by atoms with E-state index in [1.54, 1.807) is 0 Å². The molecule has 5 nitrogen and oxygen atoms in total. The quantitative estimate of drug-likeness (QED) is 0.744. The maximum absolute atomic E-state index is 11.9. The molecule has 2 rings (SSSR count). The van der Waals surface area contributed by atoms with E-state index in [0.717, 1.165) is 17.7 Å². The number of nitrogens with zero attached hydrogens (tertiary/aromatic N) is 1. The van der Waals surface area contributed by atoms with E-state index in [9.17, 15) is 9.90 Å². The average molecular weight is 277 g/mol. The number of nitrogens with two attached hydrogens (primary N) is 1. The molecule has 1 atom stereocenters. The predicted octanol–water partition coefficient (Wildman–Crippen LogP) is 0.389. The molecular formula is C15H23N3O2. The molecule has 1 aromatic rings. The maximum Gasteiger partial charge on any atom is 0.240 e. The first-order chi connectivity index (χ1) is 9.45. The lowest BCUT2D eigenvalue weighted by molar-refractivity contribution is -0.136. The summed E-state index contributed by atoms with van der Waals surface area (Å²) >= 11 is 0. The third-order valence-electron chi connectivity index (χ3n) is 4.01. The van der Waals surface area contributed by atoms with Gasteiger partial charge in [-0.2, -0.15) is 0 Å². The minimum Gasteiger partial charge on any atom is -0.387 e. The summed E-state index contributed by atoms with van der Waals surface area (Å²) in [4.78, 5) is 13.9. The average Bonchev–Trinajstić information content (AvgIpc) is 2.44. The van der Waals surface area contributed by atoms with Crippen LogP contribution in [0.25, 0.3) is 0 Å². The van der Waals surface area contributed by atoms with E-state index in [4.69, 9.17) is 5.73 Å². The van der Waals surface area contributed by atoms with Crippen molar-refractivity contribution in [1.82, 2.24) is 10.2 Å². The summed E-state index contributed by atoms with van der Waals surface area (Å²) in [5.41, 5.74) is 6.87. The Hall–Kier alpha value is -1.43. The van der Waals surface area contributed by atoms with Crippen molar-refractivity contribution in [3.8, 4) is 0 Å². The van der Waals surface area contributed by atoms with E-state index in [0.29, 0.717) is 19.6 Å². The van der Waals surface area contributed by atoms with Gasteiger partial charge in [0.15, 0.2) is 0 Å². The van der Waals surface area contributed by atoms with Crippen molar-refractivity contribution in [1.29, 1.82) is 0 Å². The first kappa shape index (κ1) is 15.0. The number of carbonyl (C=O) groups is 1. The van der Waals surface area contributed by atoms with Gasteiger partial charge < -0.3 is 16.2 Å². The molecule has 1 aromatic carbocycles. The van der Waals surface area contributed by atoms with Crippen LogP contribution in [0.1, 0.15) is 31.1 Å². The zero-order chi connectivity index (χ0) is 14.8. The highest BCUT2D eigenvalue weighted by molar-refractivity contribution is 5.86. The Kier molecular flexibility index (Phi) is 4.42. The molecule has 0 saturated carbocycles. The third kappa shape index (κ3) is 3.00. The van der Waals surface area contributed by atoms with Crippen LogP contribution in [0.15, 0.2) is 24.3 Å². The third-order valence-corrected chi connectivity index (χ3v) is 4.01. The molecule has 1 aliphatic heterocycles. The molecule has 110 valence electrons. The van der Waals surface area contributed by atoms with Gasteiger partial charge in [0.1, 0.15) is 0 Å². The van der Waals surface area contributed by atoms with Crippen LogP contribution >= 0.6 is 0 Å². The summed E-state index contributed by atoms with van der Waals surface area (Å²) < 4.78 is 0. The lowest BCUT2D eigenvalue weighted by atomic mass is 9.97. The van der Waals surface area contributed by atoms with E-state index in [2.05, 4.69) is 5.32 Å². The van der Waals surface area contributed by atoms with Crippen LogP contribution in [0.2, 0.25) is 0 Å². The topological polar surface area (TPSA) is 78.6 Å². The first-order valence-corrected chi connectivity index (χ1v) is 6.95. The maximum atomic E-state index is 11.9. The van der Waals surface area contributed by atoms with E-state index in [1.165, 1.54) is 0 Å². The molecule has 1 amide bonds. The number of amides is 1. The number of aliphatic hydroxyl groups is 1. The molecule has 1 unspecified atom stereocenters. The fourth-order valence-corrected chi connectivity index (χ4v) is 2.45. The second-order valence-electron chi connectivity index (χ2n) is 5.72. The lowest BCUT2D eigenvalue weighted by Crippen LogP contribution is -2.62. The molecular weight excluding hydrogens is 254 g/mol. The Morgan fingerprint density at radius 1 is 1.40 bits per heavy atom. The summed E-state index contributed by atoms with van der Waals surface area (Å²) in [5.74, 6) is 0.00873. The number of hydrogen-bond acceptors (Lipinski definition) is 4. The zero-order valence-corrected chi connectivity index (χ0v) is 12.1. The van der Waals surface area contributed by atoms with Gasteiger partial charge in [-0.05, 0) is 25.0 Å². The van der Waals surface area contributed by atoms with Crippen LogP contribution in [0.4, 0.5) is 0 Å². The SMILES string of the molecule is CC1(C)C(=O)NCCN1CC(O)c1ccc(CN)cc1. The fourth-order valence-electron chi connectivity index (χ4n) is 2.45. The van der Waals surface area contributed by atoms with Gasteiger partial charge in [-0.1, -0.05) is 24.3 Å². The zero-order valence-electron chi connectivity index (χ0n) is 12.1. The molecule has 0 bridgehead atoms. The van der Waals surface area contributed by atoms with Gasteiger partial charge in [-0.15, -0.1) is 0 Å². The molecule has 0 aromatic heterocycles. The molecule has 1 aliphatic rings. The van der Waals surface area contributed by atoms with Crippen molar-refractivity contribution in [3.05, 3.63) is 35.4 Å². The van der Waals surface area contributed by atoms with Crippen LogP contribution in [0, 0.1) is 0 Å². The van der Waals surface area contributed by atoms with Gasteiger partial charge in [-0.25, -0.2) is 0 Å². The number of aliphatic hydroxyl groups excluding tert-OH is 1. The second kappa shape index (κ2) is 5.91. The van der Waals surface area contributed by atoms with E-state index >= 15 is 0 Å². The van der Waals surface area contributed by atoms with Crippen LogP contribution < -0.4 is 11.1 Å². The van der Waals surface area contributed by atoms with Crippen molar-refractivity contribution in [2.75, 3.05) is 19.6 Å². The smallest absolute Gasteiger partial charge is 0.240 e. The summed E-state index contributed by atoms with van der Waals surface area (Å²) in [7, 11) is 0. The van der Waals surface area contributed by atoms with Crippen molar-refractivity contribution in [2.24, 2.45) is 5.73 Å². The van der Waals surface area contributed by atoms with Gasteiger partial charge in [0, 0.05) is 26.2 Å². The van der Waals surface area contributed by atoms with Crippen molar-refractivity contribution in [2.45, 2.75) is 32.0 Å².